The van der Waals surface area contributed by atoms with Gasteiger partial charge in [0.1, 0.15) is 0 Å². The molecule has 0 saturated carbocycles. The molecule has 0 atom stereocenters. The Balaban J connectivity index is 3.17. The number of unbranched alkanes of at least 4 members (excludes halogenated alkanes) is 1. The van der Waals surface area contributed by atoms with Crippen molar-refractivity contribution in [1.29, 1.82) is 0 Å². The van der Waals surface area contributed by atoms with Gasteiger partial charge in [-0.2, -0.15) is 0 Å². The molecule has 0 rings (SSSR count). The average Bonchev–Trinajstić information content (AvgIpc) is 2.14. The van der Waals surface area contributed by atoms with Gasteiger partial charge in [0.2, 0.25) is 11.8 Å². The Labute approximate surface area is 91.1 Å². The second-order valence-electron chi connectivity index (χ2n) is 3.37. The summed E-state index contributed by atoms with van der Waals surface area (Å²) in [5, 5.41) is 5.45. The van der Waals surface area contributed by atoms with Crippen molar-refractivity contribution in [1.82, 2.24) is 10.6 Å². The number of hydrogen-bond donors (Lipinski definition) is 2. The smallest absolute Gasteiger partial charge is 0.216 e. The first kappa shape index (κ1) is 13.7. The summed E-state index contributed by atoms with van der Waals surface area (Å²) in [4.78, 5) is 21.0. The predicted molar refractivity (Wildman–Crippen MR) is 60.4 cm³/mol. The van der Waals surface area contributed by atoms with Gasteiger partial charge >= 0.3 is 0 Å². The molecule has 0 aliphatic carbocycles. The van der Waals surface area contributed by atoms with Gasteiger partial charge in [-0.1, -0.05) is 12.2 Å². The molecule has 0 aromatic heterocycles. The van der Waals surface area contributed by atoms with Crippen LogP contribution in [0, 0.1) is 0 Å². The molecule has 4 heteroatoms. The molecule has 0 unspecified atom stereocenters. The lowest BCUT2D eigenvalue weighted by molar-refractivity contribution is -0.119. The molecule has 2 N–H and O–H groups in total. The summed E-state index contributed by atoms with van der Waals surface area (Å²) in [5.74, 6) is 0.0266. The number of carbonyl (C=O) groups is 2. The summed E-state index contributed by atoms with van der Waals surface area (Å²) in [7, 11) is 0. The predicted octanol–water partition coefficient (Wildman–Crippen LogP) is 0.985. The minimum absolute atomic E-state index is 0.00839. The van der Waals surface area contributed by atoms with E-state index in [9.17, 15) is 9.59 Å². The monoisotopic (exact) mass is 212 g/mol. The fourth-order valence-electron chi connectivity index (χ4n) is 1.05. The molecule has 0 aliphatic heterocycles. The zero-order chi connectivity index (χ0) is 11.5. The maximum absolute atomic E-state index is 10.5. The number of allylic oxidation sites excluding steroid dienone is 1. The molecule has 0 aliphatic rings. The van der Waals surface area contributed by atoms with E-state index in [4.69, 9.17) is 0 Å². The standard InChI is InChI=1S/C11H20N2O2/c1-10(14)12-8-6-4-3-5-7-9-13-11(2)15/h3-4H,5-9H2,1-2H3,(H,12,14)(H,13,15)/b4-3+. The van der Waals surface area contributed by atoms with Gasteiger partial charge in [0.15, 0.2) is 0 Å². The maximum Gasteiger partial charge on any atom is 0.216 e. The van der Waals surface area contributed by atoms with Crippen molar-refractivity contribution in [3.05, 3.63) is 12.2 Å². The van der Waals surface area contributed by atoms with E-state index >= 15 is 0 Å². The molecule has 86 valence electrons. The minimum Gasteiger partial charge on any atom is -0.356 e. The maximum atomic E-state index is 10.5. The van der Waals surface area contributed by atoms with Crippen LogP contribution < -0.4 is 10.6 Å². The molecule has 0 spiro atoms. The zero-order valence-electron chi connectivity index (χ0n) is 9.51. The van der Waals surface area contributed by atoms with E-state index < -0.39 is 0 Å². The van der Waals surface area contributed by atoms with Crippen LogP contribution in [0.3, 0.4) is 0 Å². The van der Waals surface area contributed by atoms with Crippen LogP contribution >= 0.6 is 0 Å². The third kappa shape index (κ3) is 12.7. The average molecular weight is 212 g/mol. The van der Waals surface area contributed by atoms with Gasteiger partial charge < -0.3 is 10.6 Å². The van der Waals surface area contributed by atoms with Crippen molar-refractivity contribution in [2.45, 2.75) is 33.1 Å². The fraction of sp³-hybridized carbons (Fsp3) is 0.636. The molecule has 0 bridgehead atoms. The van der Waals surface area contributed by atoms with Gasteiger partial charge in [0.05, 0.1) is 0 Å². The van der Waals surface area contributed by atoms with E-state index in [2.05, 4.69) is 16.7 Å². The summed E-state index contributed by atoms with van der Waals surface area (Å²) in [6.45, 7) is 4.45. The van der Waals surface area contributed by atoms with Gasteiger partial charge in [-0.05, 0) is 19.3 Å². The van der Waals surface area contributed by atoms with E-state index in [1.165, 1.54) is 13.8 Å². The molecule has 0 heterocycles. The summed E-state index contributed by atoms with van der Waals surface area (Å²) in [6, 6.07) is 0. The third-order valence-corrected chi connectivity index (χ3v) is 1.77. The van der Waals surface area contributed by atoms with Crippen LogP contribution in [-0.2, 0) is 9.59 Å². The Bertz CT molecular complexity index is 225. The quantitative estimate of drug-likeness (QED) is 0.488. The Hall–Kier alpha value is -1.32. The van der Waals surface area contributed by atoms with E-state index in [-0.39, 0.29) is 11.8 Å². The van der Waals surface area contributed by atoms with E-state index in [0.717, 1.165) is 25.8 Å². The first-order chi connectivity index (χ1) is 7.13. The highest BCUT2D eigenvalue weighted by Gasteiger charge is 1.89. The van der Waals surface area contributed by atoms with Gasteiger partial charge in [0, 0.05) is 26.9 Å². The molecule has 4 nitrogen and oxygen atoms in total. The largest absolute Gasteiger partial charge is 0.356 e. The summed E-state index contributed by atoms with van der Waals surface area (Å²) >= 11 is 0. The number of amides is 2. The number of rotatable bonds is 7. The molecule has 15 heavy (non-hydrogen) atoms. The number of hydrogen-bond acceptors (Lipinski definition) is 2. The van der Waals surface area contributed by atoms with E-state index in [1.54, 1.807) is 0 Å². The minimum atomic E-state index is 0.00839. The number of carbonyl (C=O) groups excluding carboxylic acids is 2. The lowest BCUT2D eigenvalue weighted by Gasteiger charge is -1.99. The SMILES string of the molecule is CC(=O)NCC/C=C/CCCNC(C)=O. The van der Waals surface area contributed by atoms with Crippen molar-refractivity contribution in [2.24, 2.45) is 0 Å². The van der Waals surface area contributed by atoms with Crippen molar-refractivity contribution in [2.75, 3.05) is 13.1 Å². The topological polar surface area (TPSA) is 58.2 Å². The van der Waals surface area contributed by atoms with Crippen LogP contribution in [0.25, 0.3) is 0 Å². The Kier molecular flexibility index (Phi) is 8.43. The second-order valence-corrected chi connectivity index (χ2v) is 3.37. The van der Waals surface area contributed by atoms with Gasteiger partial charge in [-0.15, -0.1) is 0 Å². The third-order valence-electron chi connectivity index (χ3n) is 1.77. The second kappa shape index (κ2) is 9.24. The van der Waals surface area contributed by atoms with Gasteiger partial charge in [-0.25, -0.2) is 0 Å². The molecular formula is C11H20N2O2. The zero-order valence-corrected chi connectivity index (χ0v) is 9.51. The molecule has 0 radical (unpaired) electrons. The molecule has 0 fully saturated rings. The van der Waals surface area contributed by atoms with Crippen LogP contribution in [0.2, 0.25) is 0 Å². The first-order valence-corrected chi connectivity index (χ1v) is 5.27. The van der Waals surface area contributed by atoms with Gasteiger partial charge in [-0.3, -0.25) is 9.59 Å². The van der Waals surface area contributed by atoms with Crippen molar-refractivity contribution < 1.29 is 9.59 Å². The molecule has 0 aromatic rings. The summed E-state index contributed by atoms with van der Waals surface area (Å²) < 4.78 is 0. The summed E-state index contributed by atoms with van der Waals surface area (Å²) in [6.07, 6.45) is 6.89. The van der Waals surface area contributed by atoms with Crippen LogP contribution in [0.1, 0.15) is 33.1 Å². The van der Waals surface area contributed by atoms with Crippen molar-refractivity contribution in [3.63, 3.8) is 0 Å². The lowest BCUT2D eigenvalue weighted by atomic mass is 10.2. The normalized spacial score (nSPS) is 10.3. The van der Waals surface area contributed by atoms with E-state index in [1.807, 2.05) is 6.08 Å². The molecule has 2 amide bonds. The highest BCUT2D eigenvalue weighted by atomic mass is 16.1. The highest BCUT2D eigenvalue weighted by Crippen LogP contribution is 1.91. The van der Waals surface area contributed by atoms with Gasteiger partial charge in [0.25, 0.3) is 0 Å². The lowest BCUT2D eigenvalue weighted by Crippen LogP contribution is -2.20. The molecule has 0 saturated heterocycles. The Morgan fingerprint density at radius 2 is 1.47 bits per heavy atom. The Morgan fingerprint density at radius 3 is 2.07 bits per heavy atom. The van der Waals surface area contributed by atoms with Crippen LogP contribution in [-0.4, -0.2) is 24.9 Å². The van der Waals surface area contributed by atoms with E-state index in [0.29, 0.717) is 6.54 Å². The molecule has 0 aromatic carbocycles. The van der Waals surface area contributed by atoms with Crippen molar-refractivity contribution in [3.8, 4) is 0 Å². The fourth-order valence-corrected chi connectivity index (χ4v) is 1.05. The molecular weight excluding hydrogens is 192 g/mol. The first-order valence-electron chi connectivity index (χ1n) is 5.27. The van der Waals surface area contributed by atoms with Crippen LogP contribution in [0.5, 0.6) is 0 Å². The number of nitrogens with one attached hydrogen (secondary N) is 2. The van der Waals surface area contributed by atoms with Crippen LogP contribution in [0.4, 0.5) is 0 Å². The summed E-state index contributed by atoms with van der Waals surface area (Å²) in [5.41, 5.74) is 0. The van der Waals surface area contributed by atoms with Crippen LogP contribution in [0.15, 0.2) is 12.2 Å². The highest BCUT2D eigenvalue weighted by molar-refractivity contribution is 5.73. The Morgan fingerprint density at radius 1 is 0.933 bits per heavy atom. The van der Waals surface area contributed by atoms with Crippen molar-refractivity contribution >= 4 is 11.8 Å².